The number of hydrogen-bond acceptors (Lipinski definition) is 1. The number of rotatable bonds is 1. The van der Waals surface area contributed by atoms with Crippen LogP contribution in [-0.4, -0.2) is 27.7 Å². The summed E-state index contributed by atoms with van der Waals surface area (Å²) in [5.74, 6) is 0.236. The van der Waals surface area contributed by atoms with Crippen LogP contribution in [0, 0.1) is 10.5 Å². The average molecular weight is 434 g/mol. The van der Waals surface area contributed by atoms with E-state index in [-0.39, 0.29) is 5.91 Å². The highest BCUT2D eigenvalue weighted by Gasteiger charge is 2.43. The van der Waals surface area contributed by atoms with E-state index in [1.54, 1.807) is 0 Å². The van der Waals surface area contributed by atoms with Crippen LogP contribution < -0.4 is 0 Å². The minimum atomic E-state index is 0.236. The van der Waals surface area contributed by atoms with Crippen molar-refractivity contribution >= 4 is 44.4 Å². The summed E-state index contributed by atoms with van der Waals surface area (Å²) in [5, 5.41) is 0. The Labute approximate surface area is 136 Å². The molecule has 2 atom stereocenters. The largest absolute Gasteiger partial charge is 0.333 e. The van der Waals surface area contributed by atoms with Gasteiger partial charge in [0.1, 0.15) is 0 Å². The summed E-state index contributed by atoms with van der Waals surface area (Å²) in [6, 6.07) is 6.90. The van der Waals surface area contributed by atoms with Gasteiger partial charge in [-0.3, -0.25) is 4.79 Å². The van der Waals surface area contributed by atoms with Crippen LogP contribution in [0.3, 0.4) is 0 Å². The van der Waals surface area contributed by atoms with E-state index < -0.39 is 0 Å². The summed E-state index contributed by atoms with van der Waals surface area (Å²) < 4.78 is 1.10. The Morgan fingerprint density at radius 2 is 1.95 bits per heavy atom. The average Bonchev–Trinajstić information content (AvgIpc) is 2.64. The minimum absolute atomic E-state index is 0.236. The molecule has 1 amide bonds. The van der Waals surface area contributed by atoms with Gasteiger partial charge in [0.2, 0.25) is 0 Å². The van der Waals surface area contributed by atoms with Gasteiger partial charge in [-0.2, -0.15) is 0 Å². The fraction of sp³-hybridized carbons (Fsp3) is 0.533. The number of fused-ring (bicyclic) bond motifs is 2. The van der Waals surface area contributed by atoms with Crippen molar-refractivity contribution in [2.24, 2.45) is 0 Å². The molecule has 4 heteroatoms. The van der Waals surface area contributed by atoms with Gasteiger partial charge in [-0.15, -0.1) is 0 Å². The Morgan fingerprint density at radius 3 is 2.58 bits per heavy atom. The maximum atomic E-state index is 12.8. The number of alkyl halides is 1. The molecular weight excluding hydrogens is 417 g/mol. The summed E-state index contributed by atoms with van der Waals surface area (Å²) in [4.78, 5) is 15.6. The maximum Gasteiger partial charge on any atom is 0.255 e. The Balaban J connectivity index is 1.91. The molecule has 1 aromatic carbocycles. The van der Waals surface area contributed by atoms with E-state index in [0.29, 0.717) is 16.9 Å². The third kappa shape index (κ3) is 2.46. The van der Waals surface area contributed by atoms with Crippen molar-refractivity contribution in [3.8, 4) is 0 Å². The Bertz CT molecular complexity index is 505. The van der Waals surface area contributed by atoms with E-state index in [0.717, 1.165) is 22.0 Å². The lowest BCUT2D eigenvalue weighted by molar-refractivity contribution is 0.0602. The summed E-state index contributed by atoms with van der Waals surface area (Å²) in [5.41, 5.74) is 2.07. The fourth-order valence-electron chi connectivity index (χ4n) is 3.39. The van der Waals surface area contributed by atoms with Crippen molar-refractivity contribution < 1.29 is 4.79 Å². The number of hydrogen-bond donors (Lipinski definition) is 0. The Kier molecular flexibility index (Phi) is 3.91. The predicted molar refractivity (Wildman–Crippen MR) is 88.8 cm³/mol. The first-order valence-electron chi connectivity index (χ1n) is 6.79. The molecule has 0 aliphatic carbocycles. The molecule has 102 valence electrons. The zero-order valence-corrected chi connectivity index (χ0v) is 14.6. The molecule has 1 aromatic rings. The molecule has 0 aromatic heterocycles. The number of piperidine rings is 1. The second-order valence-electron chi connectivity index (χ2n) is 5.60. The van der Waals surface area contributed by atoms with Crippen molar-refractivity contribution in [3.05, 3.63) is 32.9 Å². The SMILES string of the molecule is Cc1cccc(C(=O)N2C3CCC2CC(Br)C3)c1I. The van der Waals surface area contributed by atoms with Crippen LogP contribution in [0.25, 0.3) is 0 Å². The lowest BCUT2D eigenvalue weighted by Gasteiger charge is -2.37. The number of halogens is 2. The number of carbonyl (C=O) groups excluding carboxylic acids is 1. The van der Waals surface area contributed by atoms with E-state index in [4.69, 9.17) is 0 Å². The van der Waals surface area contributed by atoms with E-state index in [9.17, 15) is 4.79 Å². The summed E-state index contributed by atoms with van der Waals surface area (Å²) in [6.45, 7) is 2.07. The van der Waals surface area contributed by atoms with Crippen molar-refractivity contribution in [1.82, 2.24) is 4.90 Å². The monoisotopic (exact) mass is 433 g/mol. The second-order valence-corrected chi connectivity index (χ2v) is 7.98. The van der Waals surface area contributed by atoms with Crippen molar-refractivity contribution in [3.63, 3.8) is 0 Å². The number of carbonyl (C=O) groups is 1. The van der Waals surface area contributed by atoms with Crippen LogP contribution in [0.5, 0.6) is 0 Å². The zero-order chi connectivity index (χ0) is 13.6. The van der Waals surface area contributed by atoms with Crippen LogP contribution in [0.4, 0.5) is 0 Å². The van der Waals surface area contributed by atoms with Crippen molar-refractivity contribution in [2.75, 3.05) is 0 Å². The Hall–Kier alpha value is -0.100. The van der Waals surface area contributed by atoms with Gasteiger partial charge in [-0.1, -0.05) is 28.1 Å². The van der Waals surface area contributed by atoms with Gasteiger partial charge in [0.05, 0.1) is 5.56 Å². The first-order chi connectivity index (χ1) is 9.08. The smallest absolute Gasteiger partial charge is 0.255 e. The molecule has 2 heterocycles. The topological polar surface area (TPSA) is 20.3 Å². The predicted octanol–water partition coefficient (Wildman–Crippen LogP) is 4.13. The Morgan fingerprint density at radius 1 is 1.32 bits per heavy atom. The van der Waals surface area contributed by atoms with Crippen LogP contribution in [0.2, 0.25) is 0 Å². The highest BCUT2D eigenvalue weighted by Crippen LogP contribution is 2.39. The normalized spacial score (nSPS) is 29.6. The quantitative estimate of drug-likeness (QED) is 0.481. The first-order valence-corrected chi connectivity index (χ1v) is 8.79. The standard InChI is InChI=1S/C15H17BrINO/c1-9-3-2-4-13(14(9)17)15(19)18-11-5-6-12(18)8-10(16)7-11/h2-4,10-12H,5-8H2,1H3. The van der Waals surface area contributed by atoms with Gasteiger partial charge < -0.3 is 4.90 Å². The van der Waals surface area contributed by atoms with E-state index in [1.807, 2.05) is 12.1 Å². The van der Waals surface area contributed by atoms with Crippen LogP contribution in [0.1, 0.15) is 41.6 Å². The first kappa shape index (κ1) is 13.9. The molecular formula is C15H17BrINO. The van der Waals surface area contributed by atoms with Crippen LogP contribution in [-0.2, 0) is 0 Å². The fourth-order valence-corrected chi connectivity index (χ4v) is 4.85. The van der Waals surface area contributed by atoms with E-state index in [1.165, 1.54) is 18.4 Å². The molecule has 2 saturated heterocycles. The molecule has 0 saturated carbocycles. The van der Waals surface area contributed by atoms with Crippen molar-refractivity contribution in [1.29, 1.82) is 0 Å². The van der Waals surface area contributed by atoms with Crippen LogP contribution in [0.15, 0.2) is 18.2 Å². The van der Waals surface area contributed by atoms with Crippen molar-refractivity contribution in [2.45, 2.75) is 49.5 Å². The molecule has 2 aliphatic heterocycles. The number of benzene rings is 1. The third-order valence-corrected chi connectivity index (χ3v) is 6.51. The lowest BCUT2D eigenvalue weighted by Crippen LogP contribution is -2.47. The number of nitrogens with zero attached hydrogens (tertiary/aromatic N) is 1. The lowest BCUT2D eigenvalue weighted by atomic mass is 10.0. The van der Waals surface area contributed by atoms with Gasteiger partial charge in [0.15, 0.2) is 0 Å². The molecule has 3 rings (SSSR count). The maximum absolute atomic E-state index is 12.8. The molecule has 2 fully saturated rings. The van der Waals surface area contributed by atoms with E-state index in [2.05, 4.69) is 56.4 Å². The van der Waals surface area contributed by atoms with Gasteiger partial charge in [0.25, 0.3) is 5.91 Å². The summed E-state index contributed by atoms with van der Waals surface area (Å²) in [6.07, 6.45) is 4.54. The van der Waals surface area contributed by atoms with Crippen LogP contribution >= 0.6 is 38.5 Å². The molecule has 19 heavy (non-hydrogen) atoms. The molecule has 2 aliphatic rings. The summed E-state index contributed by atoms with van der Waals surface area (Å²) >= 11 is 6.03. The molecule has 0 radical (unpaired) electrons. The van der Waals surface area contributed by atoms with Gasteiger partial charge in [0, 0.05) is 20.5 Å². The van der Waals surface area contributed by atoms with Gasteiger partial charge in [-0.25, -0.2) is 0 Å². The highest BCUT2D eigenvalue weighted by atomic mass is 127. The molecule has 0 N–H and O–H groups in total. The molecule has 2 unspecified atom stereocenters. The molecule has 2 nitrogen and oxygen atoms in total. The molecule has 2 bridgehead atoms. The van der Waals surface area contributed by atoms with Gasteiger partial charge >= 0.3 is 0 Å². The molecule has 0 spiro atoms. The minimum Gasteiger partial charge on any atom is -0.333 e. The summed E-state index contributed by atoms with van der Waals surface area (Å²) in [7, 11) is 0. The van der Waals surface area contributed by atoms with E-state index >= 15 is 0 Å². The third-order valence-electron chi connectivity index (χ3n) is 4.33. The number of aryl methyl sites for hydroxylation is 1. The highest BCUT2D eigenvalue weighted by molar-refractivity contribution is 14.1. The second kappa shape index (κ2) is 5.35. The van der Waals surface area contributed by atoms with Gasteiger partial charge in [-0.05, 0) is 66.8 Å². The number of amides is 1. The zero-order valence-electron chi connectivity index (χ0n) is 10.9.